The van der Waals surface area contributed by atoms with Crippen molar-refractivity contribution < 1.29 is 23.1 Å². The minimum absolute atomic E-state index is 0.0462. The lowest BCUT2D eigenvalue weighted by atomic mass is 10.1. The third-order valence-corrected chi connectivity index (χ3v) is 3.46. The molecule has 0 aromatic heterocycles. The molecule has 0 unspecified atom stereocenters. The van der Waals surface area contributed by atoms with Crippen molar-refractivity contribution in [2.45, 2.75) is 45.3 Å². The Hall–Kier alpha value is -2.18. The van der Waals surface area contributed by atoms with E-state index in [0.717, 1.165) is 11.0 Å². The molecule has 23 heavy (non-hydrogen) atoms. The molecule has 1 aliphatic heterocycles. The summed E-state index contributed by atoms with van der Waals surface area (Å²) < 4.78 is 32.5. The molecule has 0 saturated heterocycles. The molecule has 2 amide bonds. The second kappa shape index (κ2) is 6.14. The number of likely N-dealkylation sites (N-methyl/N-ethyl adjacent to an activating group) is 1. The van der Waals surface area contributed by atoms with Gasteiger partial charge in [-0.2, -0.15) is 0 Å². The number of alkyl carbamates (subject to hydrolysis) is 1. The van der Waals surface area contributed by atoms with Gasteiger partial charge in [0.15, 0.2) is 0 Å². The summed E-state index contributed by atoms with van der Waals surface area (Å²) in [4.78, 5) is 25.4. The summed E-state index contributed by atoms with van der Waals surface area (Å²) in [6, 6.07) is 1.09. The number of carbonyl (C=O) groups is 2. The van der Waals surface area contributed by atoms with Crippen molar-refractivity contribution in [2.24, 2.45) is 0 Å². The number of anilines is 1. The highest BCUT2D eigenvalue weighted by Gasteiger charge is 2.32. The van der Waals surface area contributed by atoms with Crippen molar-refractivity contribution in [1.82, 2.24) is 5.32 Å². The predicted molar refractivity (Wildman–Crippen MR) is 81.2 cm³/mol. The van der Waals surface area contributed by atoms with Crippen molar-refractivity contribution in [1.29, 1.82) is 0 Å². The molecule has 0 fully saturated rings. The second-order valence-electron chi connectivity index (χ2n) is 6.53. The van der Waals surface area contributed by atoms with Crippen LogP contribution < -0.4 is 10.2 Å². The first-order valence-corrected chi connectivity index (χ1v) is 7.33. The van der Waals surface area contributed by atoms with Gasteiger partial charge in [-0.3, -0.25) is 4.79 Å². The maximum absolute atomic E-state index is 14.0. The Morgan fingerprint density at radius 3 is 2.61 bits per heavy atom. The molecule has 0 spiro atoms. The Morgan fingerprint density at radius 2 is 2.00 bits per heavy atom. The van der Waals surface area contributed by atoms with Crippen LogP contribution in [0.15, 0.2) is 12.1 Å². The minimum Gasteiger partial charge on any atom is -0.444 e. The molecule has 1 N–H and O–H groups in total. The Bertz CT molecular complexity index is 641. The van der Waals surface area contributed by atoms with E-state index in [1.807, 2.05) is 0 Å². The van der Waals surface area contributed by atoms with Gasteiger partial charge in [0.2, 0.25) is 5.91 Å². The number of fused-ring (bicyclic) bond motifs is 1. The van der Waals surface area contributed by atoms with E-state index in [0.29, 0.717) is 5.56 Å². The molecule has 1 heterocycles. The maximum Gasteiger partial charge on any atom is 0.408 e. The molecular weight excluding hydrogens is 306 g/mol. The normalized spacial score (nSPS) is 18.3. The van der Waals surface area contributed by atoms with E-state index in [1.54, 1.807) is 20.8 Å². The molecule has 126 valence electrons. The number of hydrogen-bond acceptors (Lipinski definition) is 3. The fourth-order valence-corrected chi connectivity index (χ4v) is 2.54. The summed E-state index contributed by atoms with van der Waals surface area (Å²) in [5.41, 5.74) is -0.251. The number of nitrogens with zero attached hydrogens (tertiary/aromatic N) is 1. The van der Waals surface area contributed by atoms with Gasteiger partial charge in [-0.25, -0.2) is 13.6 Å². The summed E-state index contributed by atoms with van der Waals surface area (Å²) in [6.45, 7) is 5.13. The van der Waals surface area contributed by atoms with E-state index >= 15 is 0 Å². The van der Waals surface area contributed by atoms with Crippen molar-refractivity contribution >= 4 is 17.7 Å². The summed E-state index contributed by atoms with van der Waals surface area (Å²) in [5.74, 6) is -1.96. The van der Waals surface area contributed by atoms with Crippen LogP contribution >= 0.6 is 0 Å². The van der Waals surface area contributed by atoms with Gasteiger partial charge < -0.3 is 15.0 Å². The third kappa shape index (κ3) is 3.97. The smallest absolute Gasteiger partial charge is 0.408 e. The van der Waals surface area contributed by atoms with Gasteiger partial charge in [0.05, 0.1) is 5.69 Å². The van der Waals surface area contributed by atoms with Crippen molar-refractivity contribution in [3.63, 3.8) is 0 Å². The van der Waals surface area contributed by atoms with E-state index in [-0.39, 0.29) is 18.5 Å². The Kier molecular flexibility index (Phi) is 4.58. The monoisotopic (exact) mass is 326 g/mol. The van der Waals surface area contributed by atoms with Crippen LogP contribution in [0, 0.1) is 11.6 Å². The van der Waals surface area contributed by atoms with Crippen molar-refractivity contribution in [3.8, 4) is 0 Å². The molecule has 7 heteroatoms. The minimum atomic E-state index is -0.857. The van der Waals surface area contributed by atoms with Crippen molar-refractivity contribution in [2.75, 3.05) is 11.9 Å². The van der Waals surface area contributed by atoms with Gasteiger partial charge in [0.25, 0.3) is 0 Å². The second-order valence-corrected chi connectivity index (χ2v) is 6.53. The third-order valence-electron chi connectivity index (χ3n) is 3.46. The fraction of sp³-hybridized carbons (Fsp3) is 0.500. The molecule has 1 aromatic rings. The van der Waals surface area contributed by atoms with Crippen LogP contribution in [-0.4, -0.2) is 30.7 Å². The molecule has 0 bridgehead atoms. The zero-order chi connectivity index (χ0) is 17.4. The topological polar surface area (TPSA) is 58.6 Å². The first kappa shape index (κ1) is 17.2. The lowest BCUT2D eigenvalue weighted by molar-refractivity contribution is -0.120. The number of aryl methyl sites for hydroxylation is 1. The number of rotatable bonds is 1. The number of nitrogens with one attached hydrogen (secondary N) is 1. The van der Waals surface area contributed by atoms with Gasteiger partial charge >= 0.3 is 6.09 Å². The average molecular weight is 326 g/mol. The first-order chi connectivity index (χ1) is 10.6. The molecular formula is C16H20F2N2O3. The standard InChI is InChI=1S/C16H20F2N2O3/c1-16(2,3)23-15(22)19-12-6-5-9-7-10(17)8-11(18)13(9)20(4)14(12)21/h7-8,12H,5-6H2,1-4H3,(H,19,22)/t12-/m0/s1. The largest absolute Gasteiger partial charge is 0.444 e. The summed E-state index contributed by atoms with van der Waals surface area (Å²) in [7, 11) is 1.40. The van der Waals surface area contributed by atoms with E-state index < -0.39 is 35.3 Å². The molecule has 1 aliphatic rings. The van der Waals surface area contributed by atoms with Crippen LogP contribution in [0.1, 0.15) is 32.8 Å². The highest BCUT2D eigenvalue weighted by molar-refractivity contribution is 5.99. The molecule has 2 rings (SSSR count). The zero-order valence-corrected chi connectivity index (χ0v) is 13.6. The van der Waals surface area contributed by atoms with E-state index in [2.05, 4.69) is 5.32 Å². The van der Waals surface area contributed by atoms with E-state index in [4.69, 9.17) is 4.74 Å². The van der Waals surface area contributed by atoms with E-state index in [1.165, 1.54) is 13.1 Å². The number of amides is 2. The lowest BCUT2D eigenvalue weighted by Gasteiger charge is -2.24. The van der Waals surface area contributed by atoms with Gasteiger partial charge in [-0.1, -0.05) is 0 Å². The number of ether oxygens (including phenoxy) is 1. The van der Waals surface area contributed by atoms with Crippen LogP contribution in [0.2, 0.25) is 0 Å². The maximum atomic E-state index is 14.0. The average Bonchev–Trinajstić information content (AvgIpc) is 2.48. The van der Waals surface area contributed by atoms with Crippen LogP contribution in [0.25, 0.3) is 0 Å². The van der Waals surface area contributed by atoms with Gasteiger partial charge in [0.1, 0.15) is 23.3 Å². The van der Waals surface area contributed by atoms with Gasteiger partial charge in [-0.05, 0) is 45.2 Å². The Balaban J connectivity index is 2.21. The van der Waals surface area contributed by atoms with Crippen LogP contribution in [0.4, 0.5) is 19.3 Å². The molecule has 0 radical (unpaired) electrons. The zero-order valence-electron chi connectivity index (χ0n) is 13.6. The Morgan fingerprint density at radius 1 is 1.35 bits per heavy atom. The van der Waals surface area contributed by atoms with Crippen molar-refractivity contribution in [3.05, 3.63) is 29.3 Å². The summed E-state index contributed by atoms with van der Waals surface area (Å²) in [5, 5.41) is 2.50. The summed E-state index contributed by atoms with van der Waals surface area (Å²) in [6.07, 6.45) is -0.222. The number of carbonyl (C=O) groups excluding carboxylic acids is 2. The molecule has 5 nitrogen and oxygen atoms in total. The highest BCUT2D eigenvalue weighted by atomic mass is 19.1. The molecule has 0 saturated carbocycles. The quantitative estimate of drug-likeness (QED) is 0.863. The summed E-state index contributed by atoms with van der Waals surface area (Å²) >= 11 is 0. The first-order valence-electron chi connectivity index (χ1n) is 7.33. The SMILES string of the molecule is CN1C(=O)[C@@H](NC(=O)OC(C)(C)C)CCc2cc(F)cc(F)c21. The number of benzene rings is 1. The Labute approximate surface area is 133 Å². The number of halogens is 2. The fourth-order valence-electron chi connectivity index (χ4n) is 2.54. The van der Waals surface area contributed by atoms with E-state index in [9.17, 15) is 18.4 Å². The molecule has 0 aliphatic carbocycles. The number of hydrogen-bond donors (Lipinski definition) is 1. The highest BCUT2D eigenvalue weighted by Crippen LogP contribution is 2.30. The predicted octanol–water partition coefficient (Wildman–Crippen LogP) is 2.77. The molecule has 1 atom stereocenters. The molecule has 1 aromatic carbocycles. The lowest BCUT2D eigenvalue weighted by Crippen LogP contribution is -2.48. The van der Waals surface area contributed by atoms with Gasteiger partial charge in [0, 0.05) is 13.1 Å². The van der Waals surface area contributed by atoms with Crippen LogP contribution in [0.3, 0.4) is 0 Å². The van der Waals surface area contributed by atoms with Crippen LogP contribution in [-0.2, 0) is 16.0 Å². The van der Waals surface area contributed by atoms with Gasteiger partial charge in [-0.15, -0.1) is 0 Å². The van der Waals surface area contributed by atoms with Crippen LogP contribution in [0.5, 0.6) is 0 Å².